The van der Waals surface area contributed by atoms with Gasteiger partial charge < -0.3 is 14.6 Å². The van der Waals surface area contributed by atoms with E-state index in [0.29, 0.717) is 16.6 Å². The van der Waals surface area contributed by atoms with E-state index in [1.54, 1.807) is 24.3 Å². The molecule has 1 atom stereocenters. The smallest absolute Gasteiger partial charge is 0.326 e. The van der Waals surface area contributed by atoms with E-state index in [9.17, 15) is 14.4 Å². The zero-order valence-electron chi connectivity index (χ0n) is 19.4. The Bertz CT molecular complexity index is 1650. The van der Waals surface area contributed by atoms with Gasteiger partial charge in [0.25, 0.3) is 11.5 Å². The van der Waals surface area contributed by atoms with Crippen molar-refractivity contribution in [2.75, 3.05) is 5.32 Å². The van der Waals surface area contributed by atoms with E-state index in [1.165, 1.54) is 17.8 Å². The summed E-state index contributed by atoms with van der Waals surface area (Å²) in [5.41, 5.74) is 3.03. The van der Waals surface area contributed by atoms with Crippen molar-refractivity contribution in [3.63, 3.8) is 0 Å². The van der Waals surface area contributed by atoms with Gasteiger partial charge in [-0.2, -0.15) is 0 Å². The summed E-state index contributed by atoms with van der Waals surface area (Å²) in [5, 5.41) is 5.38. The number of esters is 1. The standard InChI is InChI=1S/C27H24N4O4/c1-3-31-23-11-7-5-8-19(23)21-14-18(12-13-24(21)31)29-26(33)17(2)35-25(32)15-30-16-28-22-10-6-4-9-20(22)27(30)34/h4-14,16-17H,3,15H2,1-2H3,(H,29,33). The molecule has 3 aromatic carbocycles. The van der Waals surface area contributed by atoms with Crippen LogP contribution >= 0.6 is 0 Å². The van der Waals surface area contributed by atoms with Crippen molar-refractivity contribution in [1.82, 2.24) is 14.1 Å². The topological polar surface area (TPSA) is 95.2 Å². The lowest BCUT2D eigenvalue weighted by molar-refractivity contribution is -0.153. The van der Waals surface area contributed by atoms with Crippen LogP contribution in [0.25, 0.3) is 32.7 Å². The van der Waals surface area contributed by atoms with Crippen molar-refractivity contribution in [3.05, 3.63) is 83.4 Å². The molecule has 2 aromatic heterocycles. The van der Waals surface area contributed by atoms with Gasteiger partial charge >= 0.3 is 5.97 Å². The van der Waals surface area contributed by atoms with Crippen LogP contribution in [0, 0.1) is 0 Å². The SMILES string of the molecule is CCn1c2ccccc2c2cc(NC(=O)C(C)OC(=O)Cn3cnc4ccccc4c3=O)ccc21. The number of nitrogens with one attached hydrogen (secondary N) is 1. The summed E-state index contributed by atoms with van der Waals surface area (Å²) in [6, 6.07) is 20.8. The fraction of sp³-hybridized carbons (Fsp3) is 0.185. The highest BCUT2D eigenvalue weighted by molar-refractivity contribution is 6.10. The lowest BCUT2D eigenvalue weighted by atomic mass is 10.1. The lowest BCUT2D eigenvalue weighted by Crippen LogP contribution is -2.33. The van der Waals surface area contributed by atoms with Crippen LogP contribution < -0.4 is 10.9 Å². The molecule has 0 aliphatic heterocycles. The van der Waals surface area contributed by atoms with Crippen LogP contribution in [-0.2, 0) is 27.4 Å². The summed E-state index contributed by atoms with van der Waals surface area (Å²) in [7, 11) is 0. The van der Waals surface area contributed by atoms with Crippen molar-refractivity contribution >= 4 is 50.3 Å². The molecule has 0 bridgehead atoms. The minimum absolute atomic E-state index is 0.337. The van der Waals surface area contributed by atoms with Gasteiger partial charge in [0.15, 0.2) is 6.10 Å². The quantitative estimate of drug-likeness (QED) is 0.379. The molecule has 0 aliphatic carbocycles. The van der Waals surface area contributed by atoms with Crippen LogP contribution in [0.3, 0.4) is 0 Å². The zero-order valence-corrected chi connectivity index (χ0v) is 19.4. The zero-order chi connectivity index (χ0) is 24.5. The Hall–Kier alpha value is -4.46. The Morgan fingerprint density at radius 1 is 0.971 bits per heavy atom. The summed E-state index contributed by atoms with van der Waals surface area (Å²) >= 11 is 0. The highest BCUT2D eigenvalue weighted by atomic mass is 16.5. The summed E-state index contributed by atoms with van der Waals surface area (Å²) in [5.74, 6) is -1.16. The number of rotatable bonds is 6. The van der Waals surface area contributed by atoms with E-state index >= 15 is 0 Å². The molecule has 0 saturated heterocycles. The molecule has 35 heavy (non-hydrogen) atoms. The number of hydrogen-bond donors (Lipinski definition) is 1. The third-order valence-electron chi connectivity index (χ3n) is 6.06. The van der Waals surface area contributed by atoms with Crippen LogP contribution in [0.1, 0.15) is 13.8 Å². The van der Waals surface area contributed by atoms with E-state index in [-0.39, 0.29) is 12.1 Å². The van der Waals surface area contributed by atoms with E-state index in [0.717, 1.165) is 28.4 Å². The van der Waals surface area contributed by atoms with Crippen molar-refractivity contribution in [3.8, 4) is 0 Å². The molecule has 176 valence electrons. The number of aromatic nitrogens is 3. The molecule has 5 rings (SSSR count). The summed E-state index contributed by atoms with van der Waals surface area (Å²) < 4.78 is 8.69. The van der Waals surface area contributed by atoms with Crippen LogP contribution in [0.15, 0.2) is 77.9 Å². The molecule has 1 N–H and O–H groups in total. The van der Waals surface area contributed by atoms with E-state index in [4.69, 9.17) is 4.74 Å². The van der Waals surface area contributed by atoms with Crippen LogP contribution in [0.4, 0.5) is 5.69 Å². The van der Waals surface area contributed by atoms with Crippen molar-refractivity contribution < 1.29 is 14.3 Å². The van der Waals surface area contributed by atoms with Crippen molar-refractivity contribution in [1.29, 1.82) is 0 Å². The predicted molar refractivity (Wildman–Crippen MR) is 135 cm³/mol. The van der Waals surface area contributed by atoms with Gasteiger partial charge in [0.05, 0.1) is 17.2 Å². The molecular formula is C27H24N4O4. The molecule has 0 fully saturated rings. The first-order chi connectivity index (χ1) is 17.0. The van der Waals surface area contributed by atoms with Gasteiger partial charge in [0.2, 0.25) is 0 Å². The van der Waals surface area contributed by atoms with Crippen LogP contribution in [-0.4, -0.2) is 32.1 Å². The highest BCUT2D eigenvalue weighted by Gasteiger charge is 2.19. The van der Waals surface area contributed by atoms with Gasteiger partial charge in [0.1, 0.15) is 6.54 Å². The fourth-order valence-corrected chi connectivity index (χ4v) is 4.36. The molecular weight excluding hydrogens is 444 g/mol. The largest absolute Gasteiger partial charge is 0.451 e. The Balaban J connectivity index is 1.29. The number of hydrogen-bond acceptors (Lipinski definition) is 5. The van der Waals surface area contributed by atoms with E-state index in [2.05, 4.69) is 33.9 Å². The maximum absolute atomic E-state index is 12.7. The van der Waals surface area contributed by atoms with Crippen molar-refractivity contribution in [2.45, 2.75) is 33.0 Å². The van der Waals surface area contributed by atoms with Gasteiger partial charge in [-0.05, 0) is 50.2 Å². The number of ether oxygens (including phenoxy) is 1. The maximum Gasteiger partial charge on any atom is 0.326 e. The first kappa shape index (κ1) is 22.3. The van der Waals surface area contributed by atoms with Gasteiger partial charge in [-0.15, -0.1) is 0 Å². The number of amides is 1. The average Bonchev–Trinajstić information content (AvgIpc) is 3.19. The Morgan fingerprint density at radius 3 is 2.49 bits per heavy atom. The number of carbonyl (C=O) groups is 2. The van der Waals surface area contributed by atoms with Gasteiger partial charge in [-0.3, -0.25) is 19.0 Å². The van der Waals surface area contributed by atoms with Gasteiger partial charge in [0, 0.05) is 34.0 Å². The fourth-order valence-electron chi connectivity index (χ4n) is 4.36. The van der Waals surface area contributed by atoms with Crippen LogP contribution in [0.2, 0.25) is 0 Å². The second-order valence-electron chi connectivity index (χ2n) is 8.31. The lowest BCUT2D eigenvalue weighted by Gasteiger charge is -2.14. The summed E-state index contributed by atoms with van der Waals surface area (Å²) in [4.78, 5) is 41.9. The Morgan fingerprint density at radius 2 is 1.69 bits per heavy atom. The first-order valence-electron chi connectivity index (χ1n) is 11.4. The molecule has 8 nitrogen and oxygen atoms in total. The molecule has 1 unspecified atom stereocenters. The molecule has 0 saturated carbocycles. The van der Waals surface area contributed by atoms with Gasteiger partial charge in [-0.25, -0.2) is 4.98 Å². The predicted octanol–water partition coefficient (Wildman–Crippen LogP) is 4.09. The second kappa shape index (κ2) is 9.06. The molecule has 5 aromatic rings. The maximum atomic E-state index is 12.7. The number of nitrogens with zero attached hydrogens (tertiary/aromatic N) is 3. The number of carbonyl (C=O) groups excluding carboxylic acids is 2. The second-order valence-corrected chi connectivity index (χ2v) is 8.31. The molecule has 0 spiro atoms. The number of anilines is 1. The molecule has 2 heterocycles. The Labute approximate surface area is 200 Å². The van der Waals surface area contributed by atoms with Gasteiger partial charge in [-0.1, -0.05) is 30.3 Å². The van der Waals surface area contributed by atoms with E-state index < -0.39 is 18.0 Å². The molecule has 0 aliphatic rings. The Kier molecular flexibility index (Phi) is 5.78. The number of fused-ring (bicyclic) bond motifs is 4. The minimum Gasteiger partial charge on any atom is -0.451 e. The molecule has 0 radical (unpaired) electrons. The molecule has 1 amide bonds. The summed E-state index contributed by atoms with van der Waals surface area (Å²) in [6.07, 6.45) is 0.262. The number of benzene rings is 3. The minimum atomic E-state index is -1.04. The number of para-hydroxylation sites is 2. The summed E-state index contributed by atoms with van der Waals surface area (Å²) in [6.45, 7) is 4.09. The highest BCUT2D eigenvalue weighted by Crippen LogP contribution is 2.31. The van der Waals surface area contributed by atoms with Crippen molar-refractivity contribution in [2.24, 2.45) is 0 Å². The van der Waals surface area contributed by atoms with Crippen LogP contribution in [0.5, 0.6) is 0 Å². The monoisotopic (exact) mass is 468 g/mol. The third kappa shape index (κ3) is 4.14. The normalized spacial score (nSPS) is 12.2. The van der Waals surface area contributed by atoms with E-state index in [1.807, 2.05) is 30.3 Å². The molecule has 8 heteroatoms. The number of aryl methyl sites for hydroxylation is 1. The third-order valence-corrected chi connectivity index (χ3v) is 6.06. The first-order valence-corrected chi connectivity index (χ1v) is 11.4. The average molecular weight is 469 g/mol.